The van der Waals surface area contributed by atoms with Crippen molar-refractivity contribution in [3.8, 4) is 5.75 Å². The zero-order chi connectivity index (χ0) is 33.6. The molecule has 0 fully saturated rings. The van der Waals surface area contributed by atoms with Crippen LogP contribution in [0.3, 0.4) is 0 Å². The molecule has 48 heavy (non-hydrogen) atoms. The Balaban J connectivity index is 1.20. The summed E-state index contributed by atoms with van der Waals surface area (Å²) in [5, 5.41) is 3.25. The third-order valence-electron chi connectivity index (χ3n) is 8.06. The Kier molecular flexibility index (Phi) is 12.1. The molecule has 0 aliphatic carbocycles. The van der Waals surface area contributed by atoms with Gasteiger partial charge in [0.1, 0.15) is 18.4 Å². The zero-order valence-corrected chi connectivity index (χ0v) is 27.1. The molecule has 5 aromatic rings. The second kappa shape index (κ2) is 17.3. The molecule has 7 nitrogen and oxygen atoms in total. The van der Waals surface area contributed by atoms with Crippen molar-refractivity contribution in [1.82, 2.24) is 4.90 Å². The fraction of sp³-hybridized carbons (Fsp3) is 0.195. The number of ketones is 1. The van der Waals surface area contributed by atoms with E-state index in [4.69, 9.17) is 9.47 Å². The molecule has 1 amide bonds. The molecule has 5 aromatic carbocycles. The van der Waals surface area contributed by atoms with Crippen LogP contribution in [0.15, 0.2) is 140 Å². The highest BCUT2D eigenvalue weighted by Crippen LogP contribution is 2.22. The smallest absolute Gasteiger partial charge is 0.328 e. The molecule has 7 heteroatoms. The number of rotatable bonds is 16. The highest BCUT2D eigenvalue weighted by atomic mass is 16.5. The van der Waals surface area contributed by atoms with Gasteiger partial charge < -0.3 is 19.7 Å². The van der Waals surface area contributed by atoms with E-state index in [1.165, 1.54) is 7.11 Å². The van der Waals surface area contributed by atoms with Gasteiger partial charge in [0.05, 0.1) is 13.7 Å². The minimum atomic E-state index is -0.722. The molecule has 244 valence electrons. The Bertz CT molecular complexity index is 1760. The number of esters is 1. The Morgan fingerprint density at radius 2 is 1.29 bits per heavy atom. The van der Waals surface area contributed by atoms with Gasteiger partial charge in [-0.2, -0.15) is 0 Å². The number of methoxy groups -OCH3 is 1. The van der Waals surface area contributed by atoms with Gasteiger partial charge in [-0.1, -0.05) is 115 Å². The second-order valence-electron chi connectivity index (χ2n) is 11.4. The maximum atomic E-state index is 13.3. The van der Waals surface area contributed by atoms with Crippen LogP contribution < -0.4 is 10.1 Å². The molecule has 0 heterocycles. The summed E-state index contributed by atoms with van der Waals surface area (Å²) in [5.74, 6) is 0.170. The van der Waals surface area contributed by atoms with E-state index in [1.807, 2.05) is 114 Å². The molecule has 0 spiro atoms. The standard InChI is InChI=1S/C41H40N2O5/c1-47-41(46)38(42-37-20-12-11-19-36(37)40(45)34-17-9-4-10-18-34)29-32-21-24-35(25-22-32)48-28-27-43(30-33-15-7-3-8-16-33)39(44)26-23-31-13-5-2-6-14-31/h2-22,24-25,38,42H,23,26-30H2,1H3. The number of benzene rings is 5. The van der Waals surface area contributed by atoms with Crippen molar-refractivity contribution in [2.45, 2.75) is 31.8 Å². The number of hydrogen-bond acceptors (Lipinski definition) is 6. The van der Waals surface area contributed by atoms with Crippen LogP contribution in [0.1, 0.15) is 39.0 Å². The predicted molar refractivity (Wildman–Crippen MR) is 188 cm³/mol. The lowest BCUT2D eigenvalue weighted by Gasteiger charge is -2.23. The van der Waals surface area contributed by atoms with Gasteiger partial charge in [-0.05, 0) is 47.4 Å². The van der Waals surface area contributed by atoms with Crippen LogP contribution >= 0.6 is 0 Å². The third kappa shape index (κ3) is 9.66. The summed E-state index contributed by atoms with van der Waals surface area (Å²) < 4.78 is 11.2. The number of hydrogen-bond donors (Lipinski definition) is 1. The van der Waals surface area contributed by atoms with Crippen molar-refractivity contribution in [1.29, 1.82) is 0 Å². The molecule has 0 saturated carbocycles. The molecular weight excluding hydrogens is 600 g/mol. The van der Waals surface area contributed by atoms with Gasteiger partial charge in [0.25, 0.3) is 0 Å². The lowest BCUT2D eigenvalue weighted by atomic mass is 10.00. The van der Waals surface area contributed by atoms with Crippen LogP contribution in [0.25, 0.3) is 0 Å². The van der Waals surface area contributed by atoms with Gasteiger partial charge in [-0.15, -0.1) is 0 Å². The first-order chi connectivity index (χ1) is 23.5. The third-order valence-corrected chi connectivity index (χ3v) is 8.06. The van der Waals surface area contributed by atoms with Crippen molar-refractivity contribution in [2.24, 2.45) is 0 Å². The maximum absolute atomic E-state index is 13.3. The predicted octanol–water partition coefficient (Wildman–Crippen LogP) is 7.15. The molecule has 0 aromatic heterocycles. The van der Waals surface area contributed by atoms with Gasteiger partial charge in [0, 0.05) is 36.2 Å². The summed E-state index contributed by atoms with van der Waals surface area (Å²) >= 11 is 0. The number of amides is 1. The van der Waals surface area contributed by atoms with Crippen LogP contribution in [0.2, 0.25) is 0 Å². The second-order valence-corrected chi connectivity index (χ2v) is 11.4. The Morgan fingerprint density at radius 3 is 1.96 bits per heavy atom. The Labute approximate surface area is 282 Å². The Hall–Kier alpha value is -5.69. The first-order valence-corrected chi connectivity index (χ1v) is 16.1. The average Bonchev–Trinajstić information content (AvgIpc) is 3.14. The Morgan fingerprint density at radius 1 is 0.688 bits per heavy atom. The minimum absolute atomic E-state index is 0.0787. The fourth-order valence-corrected chi connectivity index (χ4v) is 5.46. The number of carbonyl (C=O) groups excluding carboxylic acids is 3. The van der Waals surface area contributed by atoms with E-state index >= 15 is 0 Å². The zero-order valence-electron chi connectivity index (χ0n) is 27.1. The SMILES string of the molecule is COC(=O)C(Cc1ccc(OCCN(Cc2ccccc2)C(=O)CCc2ccccc2)cc1)Nc1ccccc1C(=O)c1ccccc1. The number of aryl methyl sites for hydroxylation is 1. The highest BCUT2D eigenvalue weighted by molar-refractivity contribution is 6.12. The van der Waals surface area contributed by atoms with E-state index in [9.17, 15) is 14.4 Å². The molecule has 5 rings (SSSR count). The van der Waals surface area contributed by atoms with E-state index in [0.29, 0.717) is 61.5 Å². The van der Waals surface area contributed by atoms with Crippen LogP contribution in [-0.2, 0) is 33.7 Å². The number of nitrogens with zero attached hydrogens (tertiary/aromatic N) is 1. The van der Waals surface area contributed by atoms with Crippen molar-refractivity contribution in [2.75, 3.05) is 25.6 Å². The van der Waals surface area contributed by atoms with Gasteiger partial charge in [0.15, 0.2) is 5.78 Å². The normalized spacial score (nSPS) is 11.3. The van der Waals surface area contributed by atoms with E-state index in [1.54, 1.807) is 30.3 Å². The molecular formula is C41H40N2O5. The van der Waals surface area contributed by atoms with Crippen molar-refractivity contribution >= 4 is 23.3 Å². The van der Waals surface area contributed by atoms with Crippen LogP contribution in [-0.4, -0.2) is 48.9 Å². The highest BCUT2D eigenvalue weighted by Gasteiger charge is 2.23. The summed E-state index contributed by atoms with van der Waals surface area (Å²) in [6.07, 6.45) is 1.44. The van der Waals surface area contributed by atoms with Gasteiger partial charge >= 0.3 is 5.97 Å². The largest absolute Gasteiger partial charge is 0.492 e. The van der Waals surface area contributed by atoms with E-state index in [-0.39, 0.29) is 11.7 Å². The number of nitrogens with one attached hydrogen (secondary N) is 1. The molecule has 0 radical (unpaired) electrons. The summed E-state index contributed by atoms with van der Waals surface area (Å²) in [7, 11) is 1.35. The lowest BCUT2D eigenvalue weighted by molar-refractivity contribution is -0.141. The number of carbonyl (C=O) groups is 3. The number of para-hydroxylation sites is 1. The van der Waals surface area contributed by atoms with Gasteiger partial charge in [-0.25, -0.2) is 4.79 Å². The molecule has 0 aliphatic heterocycles. The van der Waals surface area contributed by atoms with Gasteiger partial charge in [0.2, 0.25) is 5.91 Å². The summed E-state index contributed by atoms with van der Waals surface area (Å²) in [5.41, 5.74) is 4.68. The van der Waals surface area contributed by atoms with Crippen molar-refractivity contribution in [3.63, 3.8) is 0 Å². The quantitative estimate of drug-likeness (QED) is 0.0911. The molecule has 1 unspecified atom stereocenters. The summed E-state index contributed by atoms with van der Waals surface area (Å²) in [4.78, 5) is 41.2. The minimum Gasteiger partial charge on any atom is -0.492 e. The monoisotopic (exact) mass is 640 g/mol. The van der Waals surface area contributed by atoms with Crippen molar-refractivity contribution in [3.05, 3.63) is 167 Å². The number of ether oxygens (including phenoxy) is 2. The molecule has 0 aliphatic rings. The fourth-order valence-electron chi connectivity index (χ4n) is 5.46. The first-order valence-electron chi connectivity index (χ1n) is 16.1. The van der Waals surface area contributed by atoms with Crippen LogP contribution in [0.4, 0.5) is 5.69 Å². The number of anilines is 1. The van der Waals surface area contributed by atoms with Gasteiger partial charge in [-0.3, -0.25) is 9.59 Å². The summed E-state index contributed by atoms with van der Waals surface area (Å²) in [6.45, 7) is 1.29. The maximum Gasteiger partial charge on any atom is 0.328 e. The topological polar surface area (TPSA) is 84.9 Å². The molecule has 0 saturated heterocycles. The summed E-state index contributed by atoms with van der Waals surface area (Å²) in [6, 6.07) is 43.0. The van der Waals surface area contributed by atoms with Crippen molar-refractivity contribution < 1.29 is 23.9 Å². The van der Waals surface area contributed by atoms with E-state index < -0.39 is 12.0 Å². The average molecular weight is 641 g/mol. The lowest BCUT2D eigenvalue weighted by Crippen LogP contribution is -2.34. The molecule has 1 atom stereocenters. The van der Waals surface area contributed by atoms with Crippen LogP contribution in [0, 0.1) is 0 Å². The van der Waals surface area contributed by atoms with E-state index in [0.717, 1.165) is 16.7 Å². The first kappa shape index (κ1) is 33.7. The van der Waals surface area contributed by atoms with E-state index in [2.05, 4.69) is 5.32 Å². The van der Waals surface area contributed by atoms with Crippen LogP contribution in [0.5, 0.6) is 5.75 Å². The molecule has 0 bridgehead atoms. The molecule has 1 N–H and O–H groups in total.